The number of benzene rings is 2. The molecular formula is C31H41N3O. The average Bonchev–Trinajstić information content (AvgIpc) is 2.87. The van der Waals surface area contributed by atoms with Gasteiger partial charge in [0.15, 0.2) is 0 Å². The Morgan fingerprint density at radius 2 is 1.54 bits per heavy atom. The van der Waals surface area contributed by atoms with Crippen LogP contribution in [0, 0.1) is 5.92 Å². The molecule has 0 aliphatic carbocycles. The Balaban J connectivity index is 1.62. The summed E-state index contributed by atoms with van der Waals surface area (Å²) in [6, 6.07) is 18.8. The van der Waals surface area contributed by atoms with E-state index in [9.17, 15) is 4.79 Å². The third-order valence-corrected chi connectivity index (χ3v) is 6.48. The zero-order valence-corrected chi connectivity index (χ0v) is 21.5. The van der Waals surface area contributed by atoms with Gasteiger partial charge in [-0.2, -0.15) is 0 Å². The number of rotatable bonds is 12. The Bertz CT molecular complexity index is 970. The third kappa shape index (κ3) is 8.65. The first-order valence-corrected chi connectivity index (χ1v) is 12.8. The SMILES string of the molecule is C=C/C=C(\C=C)CN1CCN(C(=O)C(Cc2ccccc2)NCc2ccc(CC(C)C)cc2)CC1. The van der Waals surface area contributed by atoms with Gasteiger partial charge in [0.05, 0.1) is 6.04 Å². The first-order valence-electron chi connectivity index (χ1n) is 12.8. The Labute approximate surface area is 212 Å². The predicted octanol–water partition coefficient (Wildman–Crippen LogP) is 5.03. The van der Waals surface area contributed by atoms with Crippen molar-refractivity contribution in [1.82, 2.24) is 15.1 Å². The molecule has 1 N–H and O–H groups in total. The number of hydrogen-bond acceptors (Lipinski definition) is 3. The van der Waals surface area contributed by atoms with Gasteiger partial charge in [0, 0.05) is 39.3 Å². The normalized spacial score (nSPS) is 15.7. The van der Waals surface area contributed by atoms with Crippen molar-refractivity contribution >= 4 is 5.91 Å². The zero-order chi connectivity index (χ0) is 25.0. The largest absolute Gasteiger partial charge is 0.339 e. The monoisotopic (exact) mass is 471 g/mol. The molecular weight excluding hydrogens is 430 g/mol. The van der Waals surface area contributed by atoms with Gasteiger partial charge in [-0.25, -0.2) is 0 Å². The number of nitrogens with zero attached hydrogens (tertiary/aromatic N) is 2. The van der Waals surface area contributed by atoms with Crippen LogP contribution in [0.4, 0.5) is 0 Å². The van der Waals surface area contributed by atoms with Gasteiger partial charge in [-0.05, 0) is 41.0 Å². The lowest BCUT2D eigenvalue weighted by molar-refractivity contribution is -0.135. The molecule has 186 valence electrons. The smallest absolute Gasteiger partial charge is 0.240 e. The Kier molecular flexibility index (Phi) is 10.5. The van der Waals surface area contributed by atoms with E-state index in [1.165, 1.54) is 16.7 Å². The molecule has 1 unspecified atom stereocenters. The fraction of sp³-hybridized carbons (Fsp3) is 0.387. The summed E-state index contributed by atoms with van der Waals surface area (Å²) >= 11 is 0. The number of allylic oxidation sites excluding steroid dienone is 2. The van der Waals surface area contributed by atoms with Gasteiger partial charge in [0.25, 0.3) is 0 Å². The van der Waals surface area contributed by atoms with Crippen molar-refractivity contribution in [3.8, 4) is 0 Å². The minimum atomic E-state index is -0.247. The molecule has 1 fully saturated rings. The molecule has 2 aromatic rings. The highest BCUT2D eigenvalue weighted by Crippen LogP contribution is 2.13. The van der Waals surface area contributed by atoms with Crippen LogP contribution in [0.25, 0.3) is 0 Å². The van der Waals surface area contributed by atoms with E-state index >= 15 is 0 Å². The van der Waals surface area contributed by atoms with E-state index in [1.54, 1.807) is 6.08 Å². The molecule has 3 rings (SSSR count). The highest BCUT2D eigenvalue weighted by Gasteiger charge is 2.27. The Hall–Kier alpha value is -2.95. The van der Waals surface area contributed by atoms with Gasteiger partial charge in [0.1, 0.15) is 0 Å². The molecule has 1 aliphatic rings. The lowest BCUT2D eigenvalue weighted by Crippen LogP contribution is -2.54. The zero-order valence-electron chi connectivity index (χ0n) is 21.5. The summed E-state index contributed by atoms with van der Waals surface area (Å²) in [5.41, 5.74) is 4.90. The van der Waals surface area contributed by atoms with Crippen LogP contribution in [0.1, 0.15) is 30.5 Å². The second kappa shape index (κ2) is 13.8. The van der Waals surface area contributed by atoms with Crippen LogP contribution < -0.4 is 5.32 Å². The number of nitrogens with one attached hydrogen (secondary N) is 1. The Morgan fingerprint density at radius 3 is 2.14 bits per heavy atom. The number of hydrogen-bond donors (Lipinski definition) is 1. The molecule has 0 spiro atoms. The Morgan fingerprint density at radius 1 is 0.914 bits per heavy atom. The van der Waals surface area contributed by atoms with Crippen LogP contribution in [0.5, 0.6) is 0 Å². The van der Waals surface area contributed by atoms with Crippen molar-refractivity contribution in [2.45, 2.75) is 39.3 Å². The van der Waals surface area contributed by atoms with Crippen LogP contribution in [0.3, 0.4) is 0 Å². The number of piperazine rings is 1. The van der Waals surface area contributed by atoms with Gasteiger partial charge in [-0.3, -0.25) is 9.69 Å². The van der Waals surface area contributed by atoms with Crippen molar-refractivity contribution in [2.75, 3.05) is 32.7 Å². The maximum absolute atomic E-state index is 13.6. The fourth-order valence-electron chi connectivity index (χ4n) is 4.54. The summed E-state index contributed by atoms with van der Waals surface area (Å²) in [7, 11) is 0. The summed E-state index contributed by atoms with van der Waals surface area (Å²) in [5.74, 6) is 0.837. The predicted molar refractivity (Wildman–Crippen MR) is 147 cm³/mol. The van der Waals surface area contributed by atoms with Gasteiger partial charge in [-0.1, -0.05) is 99.8 Å². The van der Waals surface area contributed by atoms with E-state index in [-0.39, 0.29) is 11.9 Å². The molecule has 1 heterocycles. The van der Waals surface area contributed by atoms with Crippen molar-refractivity contribution in [3.05, 3.63) is 108 Å². The summed E-state index contributed by atoms with van der Waals surface area (Å²) < 4.78 is 0. The molecule has 4 nitrogen and oxygen atoms in total. The lowest BCUT2D eigenvalue weighted by atomic mass is 10.0. The van der Waals surface area contributed by atoms with Crippen LogP contribution in [-0.2, 0) is 24.2 Å². The first-order chi connectivity index (χ1) is 17.0. The minimum Gasteiger partial charge on any atom is -0.339 e. The molecule has 35 heavy (non-hydrogen) atoms. The fourth-order valence-corrected chi connectivity index (χ4v) is 4.54. The summed E-state index contributed by atoms with van der Waals surface area (Å²) in [4.78, 5) is 18.0. The molecule has 4 heteroatoms. The molecule has 0 bridgehead atoms. The summed E-state index contributed by atoms with van der Waals surface area (Å²) in [6.45, 7) is 16.9. The van der Waals surface area contributed by atoms with Crippen molar-refractivity contribution < 1.29 is 4.79 Å². The highest BCUT2D eigenvalue weighted by atomic mass is 16.2. The minimum absolute atomic E-state index is 0.190. The second-order valence-corrected chi connectivity index (χ2v) is 9.82. The molecule has 2 aromatic carbocycles. The van der Waals surface area contributed by atoms with E-state index in [0.717, 1.165) is 44.7 Å². The van der Waals surface area contributed by atoms with E-state index < -0.39 is 0 Å². The van der Waals surface area contributed by atoms with Gasteiger partial charge in [0.2, 0.25) is 5.91 Å². The molecule has 1 saturated heterocycles. The van der Waals surface area contributed by atoms with Crippen molar-refractivity contribution in [3.63, 3.8) is 0 Å². The highest BCUT2D eigenvalue weighted by molar-refractivity contribution is 5.82. The van der Waals surface area contributed by atoms with E-state index in [2.05, 4.69) is 73.6 Å². The van der Waals surface area contributed by atoms with Crippen LogP contribution in [-0.4, -0.2) is 54.5 Å². The molecule has 0 radical (unpaired) electrons. The molecule has 1 aliphatic heterocycles. The van der Waals surface area contributed by atoms with Gasteiger partial charge < -0.3 is 10.2 Å². The number of amides is 1. The number of carbonyl (C=O) groups is 1. The average molecular weight is 472 g/mol. The maximum atomic E-state index is 13.6. The standard InChI is InChI=1S/C31H41N3O/c1-5-10-26(6-2)24-33-17-19-34(20-18-33)31(35)30(22-27-11-8-7-9-12-27)32-23-29-15-13-28(14-16-29)21-25(3)4/h5-16,25,30,32H,1-2,17-24H2,3-4H3/b26-10+. The van der Waals surface area contributed by atoms with E-state index in [4.69, 9.17) is 0 Å². The molecule has 1 amide bonds. The summed E-state index contributed by atoms with van der Waals surface area (Å²) in [6.07, 6.45) is 7.46. The lowest BCUT2D eigenvalue weighted by Gasteiger charge is -2.37. The first kappa shape index (κ1) is 26.7. The molecule has 1 atom stereocenters. The molecule has 0 aromatic heterocycles. The quantitative estimate of drug-likeness (QED) is 0.441. The second-order valence-electron chi connectivity index (χ2n) is 9.82. The molecule has 0 saturated carbocycles. The van der Waals surface area contributed by atoms with Crippen LogP contribution >= 0.6 is 0 Å². The van der Waals surface area contributed by atoms with Crippen LogP contribution in [0.15, 0.2) is 91.6 Å². The van der Waals surface area contributed by atoms with E-state index in [1.807, 2.05) is 35.3 Å². The van der Waals surface area contributed by atoms with Gasteiger partial charge in [-0.15, -0.1) is 0 Å². The van der Waals surface area contributed by atoms with Gasteiger partial charge >= 0.3 is 0 Å². The summed E-state index contributed by atoms with van der Waals surface area (Å²) in [5, 5.41) is 3.57. The third-order valence-electron chi connectivity index (χ3n) is 6.48. The van der Waals surface area contributed by atoms with E-state index in [0.29, 0.717) is 18.9 Å². The topological polar surface area (TPSA) is 35.6 Å². The van der Waals surface area contributed by atoms with Crippen molar-refractivity contribution in [2.24, 2.45) is 5.92 Å². The maximum Gasteiger partial charge on any atom is 0.240 e. The van der Waals surface area contributed by atoms with Crippen LogP contribution in [0.2, 0.25) is 0 Å². The number of carbonyl (C=O) groups excluding carboxylic acids is 1. The van der Waals surface area contributed by atoms with Crippen molar-refractivity contribution in [1.29, 1.82) is 0 Å².